The summed E-state index contributed by atoms with van der Waals surface area (Å²) in [6, 6.07) is 8.37. The SMILES string of the molecule is Cc1cccc(C(N)C2(C)CCCO2)c1. The summed E-state index contributed by atoms with van der Waals surface area (Å²) in [5.41, 5.74) is 8.54. The maximum absolute atomic E-state index is 6.28. The first-order chi connectivity index (χ1) is 7.12. The number of hydrogen-bond acceptors (Lipinski definition) is 2. The lowest BCUT2D eigenvalue weighted by atomic mass is 9.88. The molecule has 2 atom stereocenters. The molecule has 2 N–H and O–H groups in total. The van der Waals surface area contributed by atoms with Crippen LogP contribution in [0.1, 0.15) is 36.9 Å². The third-order valence-electron chi connectivity index (χ3n) is 3.31. The van der Waals surface area contributed by atoms with Crippen LogP contribution in [0.2, 0.25) is 0 Å². The van der Waals surface area contributed by atoms with Gasteiger partial charge in [0.25, 0.3) is 0 Å². The van der Waals surface area contributed by atoms with E-state index in [1.165, 1.54) is 11.1 Å². The first-order valence-electron chi connectivity index (χ1n) is 5.58. The smallest absolute Gasteiger partial charge is 0.0847 e. The summed E-state index contributed by atoms with van der Waals surface area (Å²) in [6.07, 6.45) is 2.18. The Morgan fingerprint density at radius 1 is 1.47 bits per heavy atom. The third kappa shape index (κ3) is 2.06. The zero-order valence-electron chi connectivity index (χ0n) is 9.49. The summed E-state index contributed by atoms with van der Waals surface area (Å²) in [6.45, 7) is 5.05. The maximum Gasteiger partial charge on any atom is 0.0847 e. The van der Waals surface area contributed by atoms with E-state index in [1.807, 2.05) is 0 Å². The molecule has 1 heterocycles. The van der Waals surface area contributed by atoms with Gasteiger partial charge >= 0.3 is 0 Å². The van der Waals surface area contributed by atoms with Gasteiger partial charge in [0.15, 0.2) is 0 Å². The first-order valence-corrected chi connectivity index (χ1v) is 5.58. The van der Waals surface area contributed by atoms with E-state index in [9.17, 15) is 0 Å². The highest BCUT2D eigenvalue weighted by molar-refractivity contribution is 5.27. The van der Waals surface area contributed by atoms with Gasteiger partial charge < -0.3 is 10.5 Å². The van der Waals surface area contributed by atoms with E-state index in [1.54, 1.807) is 0 Å². The Morgan fingerprint density at radius 2 is 2.27 bits per heavy atom. The van der Waals surface area contributed by atoms with Gasteiger partial charge in [-0.2, -0.15) is 0 Å². The summed E-state index contributed by atoms with van der Waals surface area (Å²) in [7, 11) is 0. The van der Waals surface area contributed by atoms with Crippen molar-refractivity contribution in [2.24, 2.45) is 5.73 Å². The molecule has 2 heteroatoms. The molecular weight excluding hydrogens is 186 g/mol. The molecule has 0 saturated carbocycles. The van der Waals surface area contributed by atoms with Crippen molar-refractivity contribution in [1.29, 1.82) is 0 Å². The van der Waals surface area contributed by atoms with Crippen molar-refractivity contribution >= 4 is 0 Å². The van der Waals surface area contributed by atoms with Crippen LogP contribution < -0.4 is 5.73 Å². The first kappa shape index (κ1) is 10.7. The molecule has 0 aliphatic carbocycles. The number of aryl methyl sites for hydroxylation is 1. The lowest BCUT2D eigenvalue weighted by molar-refractivity contribution is -0.00174. The molecule has 82 valence electrons. The minimum Gasteiger partial charge on any atom is -0.373 e. The number of ether oxygens (including phenoxy) is 1. The van der Waals surface area contributed by atoms with Crippen molar-refractivity contribution < 1.29 is 4.74 Å². The molecular formula is C13H19NO. The predicted molar refractivity (Wildman–Crippen MR) is 61.7 cm³/mol. The van der Waals surface area contributed by atoms with Gasteiger partial charge in [0.2, 0.25) is 0 Å². The molecule has 0 spiro atoms. The Hall–Kier alpha value is -0.860. The van der Waals surface area contributed by atoms with Crippen molar-refractivity contribution in [3.8, 4) is 0 Å². The third-order valence-corrected chi connectivity index (χ3v) is 3.31. The van der Waals surface area contributed by atoms with Crippen LogP contribution in [0.5, 0.6) is 0 Å². The monoisotopic (exact) mass is 205 g/mol. The summed E-state index contributed by atoms with van der Waals surface area (Å²) >= 11 is 0. The van der Waals surface area contributed by atoms with E-state index in [0.29, 0.717) is 0 Å². The predicted octanol–water partition coefficient (Wildman–Crippen LogP) is 2.56. The van der Waals surface area contributed by atoms with Gasteiger partial charge in [-0.3, -0.25) is 0 Å². The molecule has 1 aromatic rings. The fourth-order valence-corrected chi connectivity index (χ4v) is 2.26. The normalized spacial score (nSPS) is 27.9. The fraction of sp³-hybridized carbons (Fsp3) is 0.538. The minimum atomic E-state index is -0.173. The van der Waals surface area contributed by atoms with E-state index < -0.39 is 0 Å². The van der Waals surface area contributed by atoms with Crippen molar-refractivity contribution in [2.45, 2.75) is 38.3 Å². The number of hydrogen-bond donors (Lipinski definition) is 1. The van der Waals surface area contributed by atoms with Crippen LogP contribution in [0.3, 0.4) is 0 Å². The lowest BCUT2D eigenvalue weighted by Crippen LogP contribution is -2.37. The molecule has 1 saturated heterocycles. The average molecular weight is 205 g/mol. The largest absolute Gasteiger partial charge is 0.373 e. The van der Waals surface area contributed by atoms with E-state index in [4.69, 9.17) is 10.5 Å². The molecule has 0 bridgehead atoms. The molecule has 15 heavy (non-hydrogen) atoms. The van der Waals surface area contributed by atoms with Crippen LogP contribution in [0.15, 0.2) is 24.3 Å². The van der Waals surface area contributed by atoms with Crippen molar-refractivity contribution in [3.05, 3.63) is 35.4 Å². The maximum atomic E-state index is 6.28. The Bertz CT molecular complexity index is 342. The summed E-state index contributed by atoms with van der Waals surface area (Å²) in [5, 5.41) is 0. The second kappa shape index (κ2) is 3.95. The highest BCUT2D eigenvalue weighted by Crippen LogP contribution is 2.35. The van der Waals surface area contributed by atoms with Gasteiger partial charge in [-0.1, -0.05) is 29.8 Å². The number of nitrogens with two attached hydrogens (primary N) is 1. The van der Waals surface area contributed by atoms with Crippen LogP contribution in [0.25, 0.3) is 0 Å². The highest BCUT2D eigenvalue weighted by atomic mass is 16.5. The quantitative estimate of drug-likeness (QED) is 0.805. The van der Waals surface area contributed by atoms with Crippen molar-refractivity contribution in [1.82, 2.24) is 0 Å². The molecule has 0 radical (unpaired) electrons. The minimum absolute atomic E-state index is 0.0140. The molecule has 0 aromatic heterocycles. The lowest BCUT2D eigenvalue weighted by Gasteiger charge is -2.30. The van der Waals surface area contributed by atoms with Crippen molar-refractivity contribution in [2.75, 3.05) is 6.61 Å². The van der Waals surface area contributed by atoms with Gasteiger partial charge in [0.1, 0.15) is 0 Å². The standard InChI is InChI=1S/C13H19NO/c1-10-5-3-6-11(9-10)12(14)13(2)7-4-8-15-13/h3,5-6,9,12H,4,7-8,14H2,1-2H3. The second-order valence-corrected chi connectivity index (χ2v) is 4.66. The van der Waals surface area contributed by atoms with Gasteiger partial charge in [-0.25, -0.2) is 0 Å². The van der Waals surface area contributed by atoms with Gasteiger partial charge in [-0.05, 0) is 32.3 Å². The van der Waals surface area contributed by atoms with Gasteiger partial charge in [0.05, 0.1) is 11.6 Å². The van der Waals surface area contributed by atoms with Crippen LogP contribution in [-0.4, -0.2) is 12.2 Å². The van der Waals surface area contributed by atoms with E-state index in [0.717, 1.165) is 19.4 Å². The zero-order valence-corrected chi connectivity index (χ0v) is 9.49. The fourth-order valence-electron chi connectivity index (χ4n) is 2.26. The molecule has 1 aliphatic heterocycles. The molecule has 0 amide bonds. The van der Waals surface area contributed by atoms with Gasteiger partial charge in [0, 0.05) is 6.61 Å². The van der Waals surface area contributed by atoms with E-state index in [2.05, 4.69) is 38.1 Å². The molecule has 1 fully saturated rings. The number of rotatable bonds is 2. The second-order valence-electron chi connectivity index (χ2n) is 4.66. The van der Waals surface area contributed by atoms with Crippen LogP contribution in [0, 0.1) is 6.92 Å². The Labute approximate surface area is 91.4 Å². The highest BCUT2D eigenvalue weighted by Gasteiger charge is 2.36. The molecule has 1 aromatic carbocycles. The Balaban J connectivity index is 2.23. The summed E-state index contributed by atoms with van der Waals surface area (Å²) in [4.78, 5) is 0. The Morgan fingerprint density at radius 3 is 2.87 bits per heavy atom. The van der Waals surface area contributed by atoms with E-state index in [-0.39, 0.29) is 11.6 Å². The zero-order chi connectivity index (χ0) is 10.9. The Kier molecular flexibility index (Phi) is 2.81. The molecule has 1 aliphatic rings. The molecule has 2 rings (SSSR count). The topological polar surface area (TPSA) is 35.2 Å². The summed E-state index contributed by atoms with van der Waals surface area (Å²) < 4.78 is 5.77. The molecule has 2 nitrogen and oxygen atoms in total. The number of benzene rings is 1. The van der Waals surface area contributed by atoms with Crippen LogP contribution in [0.4, 0.5) is 0 Å². The van der Waals surface area contributed by atoms with Crippen molar-refractivity contribution in [3.63, 3.8) is 0 Å². The van der Waals surface area contributed by atoms with E-state index >= 15 is 0 Å². The molecule has 2 unspecified atom stereocenters. The van der Waals surface area contributed by atoms with Crippen LogP contribution >= 0.6 is 0 Å². The van der Waals surface area contributed by atoms with Gasteiger partial charge in [-0.15, -0.1) is 0 Å². The summed E-state index contributed by atoms with van der Waals surface area (Å²) in [5.74, 6) is 0. The average Bonchev–Trinajstić information content (AvgIpc) is 2.65. The van der Waals surface area contributed by atoms with Crippen LogP contribution in [-0.2, 0) is 4.74 Å².